The lowest BCUT2D eigenvalue weighted by Gasteiger charge is -2.21. The molecule has 0 N–H and O–H groups in total. The maximum absolute atomic E-state index is 12.9. The van der Waals surface area contributed by atoms with Crippen molar-refractivity contribution in [1.29, 1.82) is 0 Å². The van der Waals surface area contributed by atoms with Crippen LogP contribution < -0.4 is 4.90 Å². The van der Waals surface area contributed by atoms with E-state index in [2.05, 4.69) is 17.6 Å². The molecule has 3 rings (SSSR count). The Morgan fingerprint density at radius 2 is 1.65 bits per heavy atom. The predicted molar refractivity (Wildman–Crippen MR) is 106 cm³/mol. The van der Waals surface area contributed by atoms with Gasteiger partial charge in [-0.1, -0.05) is 48.5 Å². The van der Waals surface area contributed by atoms with Crippen molar-refractivity contribution in [3.05, 3.63) is 94.8 Å². The van der Waals surface area contributed by atoms with E-state index in [9.17, 15) is 9.59 Å². The van der Waals surface area contributed by atoms with Gasteiger partial charge in [-0.05, 0) is 48.0 Å². The highest BCUT2D eigenvalue weighted by molar-refractivity contribution is 7.97. The summed E-state index contributed by atoms with van der Waals surface area (Å²) in [6, 6.07) is 19.2. The molecule has 3 aromatic rings. The van der Waals surface area contributed by atoms with E-state index in [1.807, 2.05) is 30.3 Å². The molecule has 0 radical (unpaired) electrons. The van der Waals surface area contributed by atoms with E-state index in [4.69, 9.17) is 11.6 Å². The highest BCUT2D eigenvalue weighted by atomic mass is 35.5. The monoisotopic (exact) mass is 382 g/mol. The normalized spacial score (nSPS) is 10.4. The number of amides is 2. The maximum Gasteiger partial charge on any atom is 0.290 e. The van der Waals surface area contributed by atoms with Crippen LogP contribution in [0.15, 0.2) is 72.9 Å². The number of aromatic nitrogens is 1. The molecule has 0 aliphatic rings. The first kappa shape index (κ1) is 18.2. The van der Waals surface area contributed by atoms with E-state index in [-0.39, 0.29) is 0 Å². The van der Waals surface area contributed by atoms with Crippen molar-refractivity contribution in [2.45, 2.75) is 6.42 Å². The van der Waals surface area contributed by atoms with E-state index < -0.39 is 11.1 Å². The SMILES string of the molecule is O=C(S)N(C(=O)c1ccc(Cl)cc1)c1ccccc1Cc1ccccn1. The van der Waals surface area contributed by atoms with E-state index in [0.717, 1.165) is 16.2 Å². The van der Waals surface area contributed by atoms with E-state index >= 15 is 0 Å². The zero-order valence-electron chi connectivity index (χ0n) is 13.7. The fourth-order valence-corrected chi connectivity index (χ4v) is 2.92. The Bertz CT molecular complexity index is 930. The predicted octanol–water partition coefficient (Wildman–Crippen LogP) is 5.02. The Balaban J connectivity index is 1.99. The quantitative estimate of drug-likeness (QED) is 0.644. The summed E-state index contributed by atoms with van der Waals surface area (Å²) in [4.78, 5) is 30.4. The van der Waals surface area contributed by atoms with Gasteiger partial charge in [0.25, 0.3) is 11.1 Å². The second-order valence-electron chi connectivity index (χ2n) is 5.56. The van der Waals surface area contributed by atoms with Gasteiger partial charge in [-0.3, -0.25) is 14.6 Å². The fraction of sp³-hybridized carbons (Fsp3) is 0.0500. The van der Waals surface area contributed by atoms with E-state index in [0.29, 0.717) is 22.7 Å². The summed E-state index contributed by atoms with van der Waals surface area (Å²) in [6.45, 7) is 0. The van der Waals surface area contributed by atoms with Crippen LogP contribution in [0.1, 0.15) is 21.6 Å². The Morgan fingerprint density at radius 1 is 0.962 bits per heavy atom. The molecule has 0 aliphatic carbocycles. The number of anilines is 1. The number of hydrogen-bond donors (Lipinski definition) is 1. The number of nitrogens with zero attached hydrogens (tertiary/aromatic N) is 2. The lowest BCUT2D eigenvalue weighted by atomic mass is 10.1. The zero-order valence-corrected chi connectivity index (χ0v) is 15.3. The highest BCUT2D eigenvalue weighted by Gasteiger charge is 2.24. The van der Waals surface area contributed by atoms with Gasteiger partial charge >= 0.3 is 0 Å². The molecule has 0 aliphatic heterocycles. The van der Waals surface area contributed by atoms with Crippen molar-refractivity contribution >= 4 is 41.1 Å². The molecule has 4 nitrogen and oxygen atoms in total. The Morgan fingerprint density at radius 3 is 2.31 bits per heavy atom. The smallest absolute Gasteiger partial charge is 0.268 e. The minimum atomic E-state index is -0.654. The summed E-state index contributed by atoms with van der Waals surface area (Å²) in [5, 5.41) is -0.140. The lowest BCUT2D eigenvalue weighted by Crippen LogP contribution is -2.34. The summed E-state index contributed by atoms with van der Waals surface area (Å²) in [7, 11) is 0. The molecule has 6 heteroatoms. The third-order valence-corrected chi connectivity index (χ3v) is 4.27. The lowest BCUT2D eigenvalue weighted by molar-refractivity contribution is 0.0997. The molecule has 0 fully saturated rings. The third-order valence-electron chi connectivity index (χ3n) is 3.82. The largest absolute Gasteiger partial charge is 0.290 e. The van der Waals surface area contributed by atoms with Crippen LogP contribution in [-0.2, 0) is 6.42 Å². The standard InChI is InChI=1S/C20H15ClN2O2S/c21-16-10-8-14(9-11-16)19(24)23(20(25)26)18-7-2-1-5-15(18)13-17-6-3-4-12-22-17/h1-12H,13H2,(H,25,26). The van der Waals surface area contributed by atoms with Crippen molar-refractivity contribution in [3.63, 3.8) is 0 Å². The van der Waals surface area contributed by atoms with Gasteiger partial charge in [-0.2, -0.15) is 0 Å². The van der Waals surface area contributed by atoms with Crippen LogP contribution in [0.3, 0.4) is 0 Å². The molecule has 2 aromatic carbocycles. The number of halogens is 1. The number of hydrogen-bond acceptors (Lipinski definition) is 3. The highest BCUT2D eigenvalue weighted by Crippen LogP contribution is 2.26. The number of thiol groups is 1. The van der Waals surface area contributed by atoms with Crippen molar-refractivity contribution in [3.8, 4) is 0 Å². The fourth-order valence-electron chi connectivity index (χ4n) is 2.60. The Kier molecular flexibility index (Phi) is 5.71. The molecule has 2 amide bonds. The van der Waals surface area contributed by atoms with Gasteiger partial charge in [0.1, 0.15) is 0 Å². The summed E-state index contributed by atoms with van der Waals surface area (Å²) < 4.78 is 0. The van der Waals surface area contributed by atoms with Crippen molar-refractivity contribution in [1.82, 2.24) is 4.98 Å². The molecule has 0 unspecified atom stereocenters. The maximum atomic E-state index is 12.9. The summed E-state index contributed by atoms with van der Waals surface area (Å²) >= 11 is 9.79. The molecule has 0 atom stereocenters. The van der Waals surface area contributed by atoms with Crippen LogP contribution in [0.4, 0.5) is 10.5 Å². The second kappa shape index (κ2) is 8.17. The molecule has 130 valence electrons. The second-order valence-corrected chi connectivity index (χ2v) is 6.38. The molecule has 0 saturated heterocycles. The molecule has 26 heavy (non-hydrogen) atoms. The van der Waals surface area contributed by atoms with Gasteiger partial charge in [0, 0.05) is 28.9 Å². The van der Waals surface area contributed by atoms with Crippen LogP contribution in [0.5, 0.6) is 0 Å². The number of rotatable bonds is 4. The van der Waals surface area contributed by atoms with E-state index in [1.165, 1.54) is 0 Å². The molecule has 0 spiro atoms. The molecule has 1 aromatic heterocycles. The molecule has 0 bridgehead atoms. The summed E-state index contributed by atoms with van der Waals surface area (Å²) in [5.74, 6) is -0.463. The molecular weight excluding hydrogens is 368 g/mol. The summed E-state index contributed by atoms with van der Waals surface area (Å²) in [6.07, 6.45) is 2.20. The Hall–Kier alpha value is -2.63. The number of carbonyl (C=O) groups is 2. The first-order valence-electron chi connectivity index (χ1n) is 7.87. The minimum Gasteiger partial charge on any atom is -0.268 e. The van der Waals surface area contributed by atoms with Crippen LogP contribution in [0.25, 0.3) is 0 Å². The van der Waals surface area contributed by atoms with Gasteiger partial charge in [0.2, 0.25) is 0 Å². The first-order valence-corrected chi connectivity index (χ1v) is 8.69. The van der Waals surface area contributed by atoms with Gasteiger partial charge in [-0.15, -0.1) is 0 Å². The van der Waals surface area contributed by atoms with Crippen molar-refractivity contribution in [2.24, 2.45) is 0 Å². The minimum absolute atomic E-state index is 0.351. The van der Waals surface area contributed by atoms with Crippen LogP contribution in [-0.4, -0.2) is 16.1 Å². The van der Waals surface area contributed by atoms with E-state index in [1.54, 1.807) is 42.6 Å². The topological polar surface area (TPSA) is 50.3 Å². The average molecular weight is 383 g/mol. The molecule has 1 heterocycles. The molecular formula is C20H15ClN2O2S. The average Bonchev–Trinajstić information content (AvgIpc) is 2.64. The van der Waals surface area contributed by atoms with Crippen LogP contribution in [0.2, 0.25) is 5.02 Å². The molecule has 0 saturated carbocycles. The van der Waals surface area contributed by atoms with Gasteiger partial charge in [0.05, 0.1) is 5.69 Å². The zero-order chi connectivity index (χ0) is 18.5. The van der Waals surface area contributed by atoms with Gasteiger partial charge < -0.3 is 0 Å². The van der Waals surface area contributed by atoms with Gasteiger partial charge in [0.15, 0.2) is 0 Å². The van der Waals surface area contributed by atoms with Crippen molar-refractivity contribution in [2.75, 3.05) is 4.90 Å². The number of carbonyl (C=O) groups excluding carboxylic acids is 2. The first-order chi connectivity index (χ1) is 12.6. The third kappa shape index (κ3) is 4.12. The van der Waals surface area contributed by atoms with Crippen LogP contribution in [0, 0.1) is 0 Å². The van der Waals surface area contributed by atoms with Gasteiger partial charge in [-0.25, -0.2) is 4.90 Å². The summed E-state index contributed by atoms with van der Waals surface area (Å²) in [5.41, 5.74) is 2.48. The van der Waals surface area contributed by atoms with Crippen molar-refractivity contribution < 1.29 is 9.59 Å². The van der Waals surface area contributed by atoms with Crippen LogP contribution >= 0.6 is 24.2 Å². The number of imide groups is 1. The Labute approximate surface area is 161 Å². The number of benzene rings is 2. The number of pyridine rings is 1. The number of para-hydroxylation sites is 1.